The molecular weight excluding hydrogens is 270 g/mol. The largest absolute Gasteiger partial charge is 0.294 e. The number of ketones is 1. The van der Waals surface area contributed by atoms with E-state index in [1.165, 1.54) is 0 Å². The van der Waals surface area contributed by atoms with Crippen molar-refractivity contribution in [3.8, 4) is 6.07 Å². The van der Waals surface area contributed by atoms with Crippen molar-refractivity contribution in [2.45, 2.75) is 43.1 Å². The van der Waals surface area contributed by atoms with Gasteiger partial charge >= 0.3 is 0 Å². The summed E-state index contributed by atoms with van der Waals surface area (Å²) in [6.07, 6.45) is 3.49. The maximum Gasteiger partial charge on any atom is 0.166 e. The summed E-state index contributed by atoms with van der Waals surface area (Å²) in [5, 5.41) is 9.48. The van der Waals surface area contributed by atoms with Crippen LogP contribution in [0.4, 0.5) is 0 Å². The van der Waals surface area contributed by atoms with Crippen molar-refractivity contribution in [1.82, 2.24) is 0 Å². The van der Waals surface area contributed by atoms with Gasteiger partial charge in [-0.3, -0.25) is 9.00 Å². The molecule has 2 atom stereocenters. The number of carbonyl (C=O) groups is 1. The minimum atomic E-state index is -0.728. The molecule has 2 fully saturated rings. The molecule has 0 aromatic heterocycles. The SMILES string of the molecule is Cc1c(C#N)cccc1C(=O)C1CC2CCC(C1)S2=O. The van der Waals surface area contributed by atoms with Crippen LogP contribution < -0.4 is 0 Å². The van der Waals surface area contributed by atoms with Gasteiger partial charge in [0.25, 0.3) is 0 Å². The molecule has 3 nitrogen and oxygen atoms in total. The van der Waals surface area contributed by atoms with E-state index in [2.05, 4.69) is 6.07 Å². The van der Waals surface area contributed by atoms with E-state index in [1.54, 1.807) is 12.1 Å². The normalized spacial score (nSPS) is 31.8. The molecule has 1 aromatic carbocycles. The Morgan fingerprint density at radius 3 is 2.55 bits per heavy atom. The van der Waals surface area contributed by atoms with Crippen LogP contribution >= 0.6 is 0 Å². The molecule has 2 bridgehead atoms. The predicted molar refractivity (Wildman–Crippen MR) is 77.9 cm³/mol. The maximum atomic E-state index is 12.7. The van der Waals surface area contributed by atoms with Crippen molar-refractivity contribution in [1.29, 1.82) is 5.26 Å². The fourth-order valence-corrected chi connectivity index (χ4v) is 5.62. The summed E-state index contributed by atoms with van der Waals surface area (Å²) in [5.41, 5.74) is 2.01. The second-order valence-corrected chi connectivity index (χ2v) is 7.76. The zero-order chi connectivity index (χ0) is 14.3. The molecule has 0 saturated carbocycles. The molecule has 0 N–H and O–H groups in total. The molecule has 1 aromatic rings. The first kappa shape index (κ1) is 13.5. The molecule has 0 aliphatic carbocycles. The predicted octanol–water partition coefficient (Wildman–Crippen LogP) is 2.74. The van der Waals surface area contributed by atoms with E-state index < -0.39 is 10.8 Å². The van der Waals surface area contributed by atoms with Crippen molar-refractivity contribution in [3.05, 3.63) is 34.9 Å². The van der Waals surface area contributed by atoms with E-state index in [4.69, 9.17) is 5.26 Å². The zero-order valence-corrected chi connectivity index (χ0v) is 12.3. The van der Waals surface area contributed by atoms with Gasteiger partial charge in [-0.2, -0.15) is 5.26 Å². The Bertz CT molecular complexity index is 616. The number of hydrogen-bond donors (Lipinski definition) is 0. The summed E-state index contributed by atoms with van der Waals surface area (Å²) < 4.78 is 12.0. The highest BCUT2D eigenvalue weighted by Gasteiger charge is 2.43. The van der Waals surface area contributed by atoms with Gasteiger partial charge in [-0.1, -0.05) is 12.1 Å². The average Bonchev–Trinajstić information content (AvgIpc) is 2.68. The third kappa shape index (κ3) is 2.10. The Balaban J connectivity index is 1.88. The lowest BCUT2D eigenvalue weighted by Gasteiger charge is -2.26. The van der Waals surface area contributed by atoms with Gasteiger partial charge in [-0.15, -0.1) is 0 Å². The van der Waals surface area contributed by atoms with Crippen LogP contribution in [0.15, 0.2) is 18.2 Å². The molecule has 2 saturated heterocycles. The molecule has 2 unspecified atom stereocenters. The van der Waals surface area contributed by atoms with Crippen LogP contribution in [0.25, 0.3) is 0 Å². The lowest BCUT2D eigenvalue weighted by atomic mass is 9.87. The first-order chi connectivity index (χ1) is 9.61. The van der Waals surface area contributed by atoms with E-state index in [0.29, 0.717) is 11.1 Å². The Hall–Kier alpha value is -1.47. The minimum absolute atomic E-state index is 0.0159. The number of rotatable bonds is 2. The lowest BCUT2D eigenvalue weighted by molar-refractivity contribution is 0.0905. The van der Waals surface area contributed by atoms with Gasteiger partial charge in [0.1, 0.15) is 0 Å². The van der Waals surface area contributed by atoms with Crippen LogP contribution in [0.1, 0.15) is 47.2 Å². The van der Waals surface area contributed by atoms with E-state index in [-0.39, 0.29) is 22.2 Å². The van der Waals surface area contributed by atoms with Crippen molar-refractivity contribution in [2.24, 2.45) is 5.92 Å². The highest BCUT2D eigenvalue weighted by atomic mass is 32.2. The fraction of sp³-hybridized carbons (Fsp3) is 0.500. The second-order valence-electron chi connectivity index (χ2n) is 5.77. The molecule has 104 valence electrons. The van der Waals surface area contributed by atoms with Crippen molar-refractivity contribution < 1.29 is 9.00 Å². The molecular formula is C16H17NO2S. The smallest absolute Gasteiger partial charge is 0.166 e. The van der Waals surface area contributed by atoms with Crippen LogP contribution in [0.3, 0.4) is 0 Å². The van der Waals surface area contributed by atoms with Crippen LogP contribution in [-0.4, -0.2) is 20.5 Å². The monoisotopic (exact) mass is 287 g/mol. The van der Waals surface area contributed by atoms with Crippen molar-refractivity contribution >= 4 is 16.6 Å². The topological polar surface area (TPSA) is 57.9 Å². The number of Topliss-reactive ketones (excluding diaryl/α,β-unsaturated/α-hetero) is 1. The van der Waals surface area contributed by atoms with Crippen LogP contribution in [0, 0.1) is 24.2 Å². The number of nitrogens with zero attached hydrogens (tertiary/aromatic N) is 1. The van der Waals surface area contributed by atoms with E-state index >= 15 is 0 Å². The fourth-order valence-electron chi connectivity index (χ4n) is 3.49. The summed E-state index contributed by atoms with van der Waals surface area (Å²) >= 11 is 0. The maximum absolute atomic E-state index is 12.7. The van der Waals surface area contributed by atoms with Crippen LogP contribution in [0.2, 0.25) is 0 Å². The van der Waals surface area contributed by atoms with Gasteiger partial charge in [-0.05, 0) is 44.2 Å². The number of fused-ring (bicyclic) bond motifs is 2. The second kappa shape index (κ2) is 5.14. The van der Waals surface area contributed by atoms with Crippen LogP contribution in [0.5, 0.6) is 0 Å². The summed E-state index contributed by atoms with van der Waals surface area (Å²) in [7, 11) is -0.728. The molecule has 4 heteroatoms. The third-order valence-electron chi connectivity index (χ3n) is 4.65. The molecule has 2 aliphatic heterocycles. The molecule has 2 heterocycles. The highest BCUT2D eigenvalue weighted by Crippen LogP contribution is 2.40. The number of carbonyl (C=O) groups excluding carboxylic acids is 1. The third-order valence-corrected chi connectivity index (χ3v) is 6.82. The average molecular weight is 287 g/mol. The van der Waals surface area contributed by atoms with Crippen LogP contribution in [-0.2, 0) is 10.8 Å². The number of hydrogen-bond acceptors (Lipinski definition) is 3. The first-order valence-corrected chi connectivity index (χ1v) is 8.32. The number of nitriles is 1. The van der Waals surface area contributed by atoms with Gasteiger partial charge in [0.05, 0.1) is 11.6 Å². The summed E-state index contributed by atoms with van der Waals surface area (Å²) in [5.74, 6) is 0.117. The van der Waals surface area contributed by atoms with Gasteiger partial charge < -0.3 is 0 Å². The molecule has 0 amide bonds. The van der Waals surface area contributed by atoms with Gasteiger partial charge in [-0.25, -0.2) is 0 Å². The van der Waals surface area contributed by atoms with Gasteiger partial charge in [0.2, 0.25) is 0 Å². The van der Waals surface area contributed by atoms with Crippen molar-refractivity contribution in [3.63, 3.8) is 0 Å². The quantitative estimate of drug-likeness (QED) is 0.786. The van der Waals surface area contributed by atoms with E-state index in [0.717, 1.165) is 31.2 Å². The van der Waals surface area contributed by atoms with Gasteiger partial charge in [0.15, 0.2) is 5.78 Å². The summed E-state index contributed by atoms with van der Waals surface area (Å²) in [4.78, 5) is 12.7. The molecule has 0 spiro atoms. The Morgan fingerprint density at radius 2 is 1.95 bits per heavy atom. The van der Waals surface area contributed by atoms with Gasteiger partial charge in [0, 0.05) is 32.8 Å². The first-order valence-electron chi connectivity index (χ1n) is 7.05. The standard InChI is InChI=1S/C16H17NO2S/c1-10-11(9-17)3-2-4-15(10)16(18)12-7-13-5-6-14(8-12)20(13)19/h2-4,12-14H,5-8H2,1H3. The molecule has 2 aliphatic rings. The zero-order valence-electron chi connectivity index (χ0n) is 11.5. The molecule has 0 radical (unpaired) electrons. The molecule has 20 heavy (non-hydrogen) atoms. The van der Waals surface area contributed by atoms with Crippen molar-refractivity contribution in [2.75, 3.05) is 0 Å². The molecule has 3 rings (SSSR count). The van der Waals surface area contributed by atoms with E-state index in [1.807, 2.05) is 13.0 Å². The highest BCUT2D eigenvalue weighted by molar-refractivity contribution is 7.86. The summed E-state index contributed by atoms with van der Waals surface area (Å²) in [6.45, 7) is 1.83. The Morgan fingerprint density at radius 1 is 1.30 bits per heavy atom. The minimum Gasteiger partial charge on any atom is -0.294 e. The van der Waals surface area contributed by atoms with E-state index in [9.17, 15) is 9.00 Å². The number of benzene rings is 1. The summed E-state index contributed by atoms with van der Waals surface area (Å²) in [6, 6.07) is 7.46. The Kier molecular flexibility index (Phi) is 3.47. The Labute approximate surface area is 121 Å². The lowest BCUT2D eigenvalue weighted by Crippen LogP contribution is -2.32.